The summed E-state index contributed by atoms with van der Waals surface area (Å²) in [4.78, 5) is 2.37. The molecule has 2 aromatic carbocycles. The molecule has 1 heterocycles. The van der Waals surface area contributed by atoms with E-state index in [2.05, 4.69) is 21.8 Å². The topological polar surface area (TPSA) is 49.4 Å². The molecule has 1 aliphatic heterocycles. The quantitative estimate of drug-likeness (QED) is 0.875. The molecule has 24 heavy (non-hydrogen) atoms. The number of aryl methyl sites for hydroxylation is 1. The van der Waals surface area contributed by atoms with Crippen LogP contribution in [0.2, 0.25) is 0 Å². The van der Waals surface area contributed by atoms with E-state index in [9.17, 15) is 8.42 Å². The molecule has 0 aliphatic carbocycles. The standard InChI is InChI=1S/C19H24N2O2S/c1-16-5-4-6-18(13-16)15-24(22,23)20-14-17-7-9-19(10-8-17)21-11-2-3-12-21/h4-10,13,20H,2-3,11-12,14-15H2,1H3. The van der Waals surface area contributed by atoms with Gasteiger partial charge in [0.05, 0.1) is 5.75 Å². The van der Waals surface area contributed by atoms with E-state index in [1.807, 2.05) is 43.3 Å². The summed E-state index contributed by atoms with van der Waals surface area (Å²) in [6.45, 7) is 4.52. The van der Waals surface area contributed by atoms with Crippen molar-refractivity contribution in [1.82, 2.24) is 4.72 Å². The summed E-state index contributed by atoms with van der Waals surface area (Å²) in [7, 11) is -3.34. The third-order valence-corrected chi connectivity index (χ3v) is 5.64. The van der Waals surface area contributed by atoms with Crippen molar-refractivity contribution in [2.24, 2.45) is 0 Å². The Kier molecular flexibility index (Phi) is 5.21. The van der Waals surface area contributed by atoms with Crippen LogP contribution in [0.1, 0.15) is 29.5 Å². The van der Waals surface area contributed by atoms with Gasteiger partial charge in [-0.15, -0.1) is 0 Å². The predicted molar refractivity (Wildman–Crippen MR) is 98.5 cm³/mol. The Balaban J connectivity index is 1.58. The zero-order chi connectivity index (χ0) is 17.0. The van der Waals surface area contributed by atoms with Crippen molar-refractivity contribution in [2.75, 3.05) is 18.0 Å². The first-order valence-electron chi connectivity index (χ1n) is 8.39. The van der Waals surface area contributed by atoms with Crippen molar-refractivity contribution >= 4 is 15.7 Å². The van der Waals surface area contributed by atoms with Crippen molar-refractivity contribution < 1.29 is 8.42 Å². The molecule has 0 bridgehead atoms. The van der Waals surface area contributed by atoms with Crippen molar-refractivity contribution in [3.8, 4) is 0 Å². The van der Waals surface area contributed by atoms with Crippen LogP contribution in [-0.4, -0.2) is 21.5 Å². The van der Waals surface area contributed by atoms with Crippen molar-refractivity contribution in [1.29, 1.82) is 0 Å². The average Bonchev–Trinajstić information content (AvgIpc) is 3.08. The van der Waals surface area contributed by atoms with E-state index >= 15 is 0 Å². The molecule has 0 aromatic heterocycles. The molecule has 1 saturated heterocycles. The van der Waals surface area contributed by atoms with E-state index in [1.54, 1.807) is 0 Å². The zero-order valence-corrected chi connectivity index (χ0v) is 14.8. The van der Waals surface area contributed by atoms with E-state index < -0.39 is 10.0 Å². The number of nitrogens with one attached hydrogen (secondary N) is 1. The molecule has 1 fully saturated rings. The highest BCUT2D eigenvalue weighted by atomic mass is 32.2. The molecule has 0 atom stereocenters. The van der Waals surface area contributed by atoms with Gasteiger partial charge in [0.15, 0.2) is 0 Å². The maximum absolute atomic E-state index is 12.2. The Hall–Kier alpha value is -1.85. The second-order valence-electron chi connectivity index (χ2n) is 6.43. The maximum atomic E-state index is 12.2. The first kappa shape index (κ1) is 17.0. The summed E-state index contributed by atoms with van der Waals surface area (Å²) < 4.78 is 27.2. The molecule has 4 nitrogen and oxygen atoms in total. The lowest BCUT2D eigenvalue weighted by molar-refractivity contribution is 0.580. The van der Waals surface area contributed by atoms with E-state index in [4.69, 9.17) is 0 Å². The summed E-state index contributed by atoms with van der Waals surface area (Å²) in [5.74, 6) is 0.0144. The third-order valence-electron chi connectivity index (χ3n) is 4.34. The van der Waals surface area contributed by atoms with Gasteiger partial charge in [-0.05, 0) is 43.0 Å². The van der Waals surface area contributed by atoms with E-state index in [0.29, 0.717) is 6.54 Å². The molecule has 0 amide bonds. The van der Waals surface area contributed by atoms with Crippen LogP contribution in [0.15, 0.2) is 48.5 Å². The lowest BCUT2D eigenvalue weighted by atomic mass is 10.2. The second kappa shape index (κ2) is 7.36. The number of rotatable bonds is 6. The molecule has 128 valence electrons. The minimum absolute atomic E-state index is 0.0144. The van der Waals surface area contributed by atoms with Crippen LogP contribution in [0.4, 0.5) is 5.69 Å². The average molecular weight is 344 g/mol. The third kappa shape index (κ3) is 4.58. The predicted octanol–water partition coefficient (Wildman–Crippen LogP) is 3.21. The largest absolute Gasteiger partial charge is 0.372 e. The lowest BCUT2D eigenvalue weighted by Crippen LogP contribution is -2.24. The number of sulfonamides is 1. The van der Waals surface area contributed by atoms with Crippen LogP contribution in [-0.2, 0) is 22.3 Å². The molecule has 0 radical (unpaired) electrons. The Morgan fingerprint density at radius 3 is 2.38 bits per heavy atom. The Morgan fingerprint density at radius 1 is 1.00 bits per heavy atom. The molecular formula is C19H24N2O2S. The fraction of sp³-hybridized carbons (Fsp3) is 0.368. The molecule has 2 aromatic rings. The maximum Gasteiger partial charge on any atom is 0.216 e. The molecular weight excluding hydrogens is 320 g/mol. The highest BCUT2D eigenvalue weighted by Gasteiger charge is 2.13. The van der Waals surface area contributed by atoms with Crippen LogP contribution >= 0.6 is 0 Å². The fourth-order valence-electron chi connectivity index (χ4n) is 3.07. The van der Waals surface area contributed by atoms with Crippen molar-refractivity contribution in [3.05, 3.63) is 65.2 Å². The Bertz CT molecular complexity index is 779. The molecule has 1 aliphatic rings. The number of hydrogen-bond acceptors (Lipinski definition) is 3. The molecule has 0 spiro atoms. The van der Waals surface area contributed by atoms with Gasteiger partial charge in [0, 0.05) is 25.3 Å². The van der Waals surface area contributed by atoms with Crippen LogP contribution in [0, 0.1) is 6.92 Å². The van der Waals surface area contributed by atoms with Crippen LogP contribution in [0.25, 0.3) is 0 Å². The smallest absolute Gasteiger partial charge is 0.216 e. The van der Waals surface area contributed by atoms with Gasteiger partial charge >= 0.3 is 0 Å². The Morgan fingerprint density at radius 2 is 1.71 bits per heavy atom. The van der Waals surface area contributed by atoms with Gasteiger partial charge in [0.25, 0.3) is 0 Å². The number of hydrogen-bond donors (Lipinski definition) is 1. The Labute approximate surface area is 144 Å². The SMILES string of the molecule is Cc1cccc(CS(=O)(=O)NCc2ccc(N3CCCC3)cc2)c1. The monoisotopic (exact) mass is 344 g/mol. The lowest BCUT2D eigenvalue weighted by Gasteiger charge is -2.17. The van der Waals surface area contributed by atoms with E-state index in [-0.39, 0.29) is 5.75 Å². The zero-order valence-electron chi connectivity index (χ0n) is 14.0. The summed E-state index contributed by atoms with van der Waals surface area (Å²) in [5, 5.41) is 0. The number of benzene rings is 2. The van der Waals surface area contributed by atoms with Gasteiger partial charge in [-0.2, -0.15) is 0 Å². The van der Waals surface area contributed by atoms with Crippen LogP contribution in [0.5, 0.6) is 0 Å². The second-order valence-corrected chi connectivity index (χ2v) is 8.24. The van der Waals surface area contributed by atoms with Crippen LogP contribution in [0.3, 0.4) is 0 Å². The summed E-state index contributed by atoms with van der Waals surface area (Å²) in [5.41, 5.74) is 4.08. The van der Waals surface area contributed by atoms with Crippen molar-refractivity contribution in [2.45, 2.75) is 32.1 Å². The number of anilines is 1. The summed E-state index contributed by atoms with van der Waals surface area (Å²) in [6.07, 6.45) is 2.50. The van der Waals surface area contributed by atoms with Gasteiger partial charge in [-0.25, -0.2) is 13.1 Å². The molecule has 5 heteroatoms. The molecule has 3 rings (SSSR count). The van der Waals surface area contributed by atoms with Gasteiger partial charge < -0.3 is 4.90 Å². The van der Waals surface area contributed by atoms with Gasteiger partial charge in [-0.3, -0.25) is 0 Å². The van der Waals surface area contributed by atoms with E-state index in [1.165, 1.54) is 18.5 Å². The first-order valence-corrected chi connectivity index (χ1v) is 10.0. The molecule has 1 N–H and O–H groups in total. The highest BCUT2D eigenvalue weighted by Crippen LogP contribution is 2.20. The molecule has 0 unspecified atom stereocenters. The number of nitrogens with zero attached hydrogens (tertiary/aromatic N) is 1. The minimum Gasteiger partial charge on any atom is -0.372 e. The summed E-state index contributed by atoms with van der Waals surface area (Å²) >= 11 is 0. The normalized spacial score (nSPS) is 15.0. The van der Waals surface area contributed by atoms with Crippen molar-refractivity contribution in [3.63, 3.8) is 0 Å². The fourth-order valence-corrected chi connectivity index (χ4v) is 4.17. The highest BCUT2D eigenvalue weighted by molar-refractivity contribution is 7.88. The van der Waals surface area contributed by atoms with Gasteiger partial charge in [0.1, 0.15) is 0 Å². The van der Waals surface area contributed by atoms with Crippen LogP contribution < -0.4 is 9.62 Å². The minimum atomic E-state index is -3.34. The first-order chi connectivity index (χ1) is 11.5. The van der Waals surface area contributed by atoms with E-state index in [0.717, 1.165) is 29.8 Å². The van der Waals surface area contributed by atoms with Gasteiger partial charge in [0.2, 0.25) is 10.0 Å². The summed E-state index contributed by atoms with van der Waals surface area (Å²) in [6, 6.07) is 15.8. The van der Waals surface area contributed by atoms with Gasteiger partial charge in [-0.1, -0.05) is 42.0 Å². The molecule has 0 saturated carbocycles.